The molecule has 3 N–H and O–H groups in total. The fourth-order valence-corrected chi connectivity index (χ4v) is 2.18. The van der Waals surface area contributed by atoms with Crippen LogP contribution in [0, 0.1) is 0 Å². The molecule has 1 aromatic carbocycles. The topological polar surface area (TPSA) is 89.2 Å². The first-order chi connectivity index (χ1) is 12.1. The molecule has 0 saturated carbocycles. The fourth-order valence-electron chi connectivity index (χ4n) is 2.18. The van der Waals surface area contributed by atoms with Crippen LogP contribution in [-0.4, -0.2) is 49.3 Å². The van der Waals surface area contributed by atoms with E-state index in [4.69, 9.17) is 15.2 Å². The summed E-state index contributed by atoms with van der Waals surface area (Å²) in [7, 11) is 3.38. The maximum atomic E-state index is 12.1. The molecule has 7 nitrogen and oxygen atoms in total. The van der Waals surface area contributed by atoms with Crippen molar-refractivity contribution in [2.24, 2.45) is 10.7 Å². The minimum absolute atomic E-state index is 0.0119. The Labute approximate surface area is 156 Å². The summed E-state index contributed by atoms with van der Waals surface area (Å²) in [6.45, 7) is 8.50. The van der Waals surface area contributed by atoms with Crippen LogP contribution in [0.2, 0.25) is 0 Å². The van der Waals surface area contributed by atoms with Crippen molar-refractivity contribution >= 4 is 17.7 Å². The highest BCUT2D eigenvalue weighted by Gasteiger charge is 2.22. The molecule has 1 rings (SSSR count). The van der Waals surface area contributed by atoms with Gasteiger partial charge in [0.25, 0.3) is 0 Å². The van der Waals surface area contributed by atoms with E-state index in [1.54, 1.807) is 19.1 Å². The normalized spacial score (nSPS) is 13.2. The molecule has 0 aromatic heterocycles. The average Bonchev–Trinajstić information content (AvgIpc) is 2.54. The number of guanidine groups is 1. The van der Waals surface area contributed by atoms with E-state index in [9.17, 15) is 4.79 Å². The van der Waals surface area contributed by atoms with E-state index in [0.717, 1.165) is 11.3 Å². The van der Waals surface area contributed by atoms with Crippen molar-refractivity contribution in [3.05, 3.63) is 29.8 Å². The maximum absolute atomic E-state index is 12.1. The minimum atomic E-state index is -0.507. The molecule has 1 amide bonds. The third-order valence-electron chi connectivity index (χ3n) is 3.75. The highest BCUT2D eigenvalue weighted by Crippen LogP contribution is 2.15. The first-order valence-electron chi connectivity index (χ1n) is 8.73. The number of nitrogens with two attached hydrogens (primary N) is 1. The Morgan fingerprint density at radius 1 is 1.35 bits per heavy atom. The number of hydrogen-bond donors (Lipinski definition) is 2. The number of amides is 1. The lowest BCUT2D eigenvalue weighted by Crippen LogP contribution is -2.39. The van der Waals surface area contributed by atoms with Gasteiger partial charge in [0.1, 0.15) is 5.60 Å². The molecular weight excluding hydrogens is 332 g/mol. The number of nitrogens with one attached hydrogen (secondary N) is 1. The number of para-hydroxylation sites is 1. The van der Waals surface area contributed by atoms with Crippen molar-refractivity contribution in [2.75, 3.05) is 26.0 Å². The summed E-state index contributed by atoms with van der Waals surface area (Å²) in [5.41, 5.74) is 7.34. The number of hydrogen-bond acceptors (Lipinski definition) is 4. The van der Waals surface area contributed by atoms with Crippen LogP contribution < -0.4 is 11.1 Å². The fraction of sp³-hybridized carbons (Fsp3) is 0.579. The minimum Gasteiger partial charge on any atom is -0.444 e. The number of carbonyl (C=O) groups excluding carboxylic acids is 1. The smallest absolute Gasteiger partial charge is 0.410 e. The molecule has 0 aliphatic rings. The summed E-state index contributed by atoms with van der Waals surface area (Å²) in [5.74, 6) is 0.334. The number of aliphatic imine (C=N–C) groups is 1. The van der Waals surface area contributed by atoms with Gasteiger partial charge in [0.15, 0.2) is 5.96 Å². The summed E-state index contributed by atoms with van der Waals surface area (Å²) in [6.07, 6.45) is 0.339. The predicted octanol–water partition coefficient (Wildman–Crippen LogP) is 3.21. The molecule has 0 spiro atoms. The van der Waals surface area contributed by atoms with Crippen molar-refractivity contribution in [1.82, 2.24) is 4.90 Å². The molecule has 0 bridgehead atoms. The van der Waals surface area contributed by atoms with Crippen LogP contribution in [0.15, 0.2) is 29.3 Å². The van der Waals surface area contributed by atoms with E-state index in [2.05, 4.69) is 10.3 Å². The van der Waals surface area contributed by atoms with Crippen LogP contribution in [0.25, 0.3) is 0 Å². The van der Waals surface area contributed by atoms with E-state index in [0.29, 0.717) is 25.5 Å². The summed E-state index contributed by atoms with van der Waals surface area (Å²) < 4.78 is 10.5. The Hall–Kier alpha value is -2.28. The molecule has 146 valence electrons. The van der Waals surface area contributed by atoms with Gasteiger partial charge in [-0.05, 0) is 40.2 Å². The molecule has 0 aliphatic carbocycles. The highest BCUT2D eigenvalue weighted by atomic mass is 16.6. The second kappa shape index (κ2) is 10.0. The second-order valence-corrected chi connectivity index (χ2v) is 7.21. The van der Waals surface area contributed by atoms with Crippen molar-refractivity contribution in [2.45, 2.75) is 52.4 Å². The van der Waals surface area contributed by atoms with Gasteiger partial charge in [-0.3, -0.25) is 4.99 Å². The maximum Gasteiger partial charge on any atom is 0.410 e. The second-order valence-electron chi connectivity index (χ2n) is 7.21. The number of nitrogens with zero attached hydrogens (tertiary/aromatic N) is 2. The number of anilines is 1. The van der Waals surface area contributed by atoms with Crippen molar-refractivity contribution < 1.29 is 14.3 Å². The Balaban J connectivity index is 2.53. The Morgan fingerprint density at radius 3 is 2.62 bits per heavy atom. The van der Waals surface area contributed by atoms with E-state index < -0.39 is 5.60 Å². The predicted molar refractivity (Wildman–Crippen MR) is 105 cm³/mol. The van der Waals surface area contributed by atoms with Crippen LogP contribution in [0.3, 0.4) is 0 Å². The third-order valence-corrected chi connectivity index (χ3v) is 3.75. The number of benzene rings is 1. The molecule has 0 fully saturated rings. The van der Waals surface area contributed by atoms with Gasteiger partial charge in [-0.25, -0.2) is 4.79 Å². The van der Waals surface area contributed by atoms with Crippen LogP contribution in [-0.2, 0) is 16.1 Å². The monoisotopic (exact) mass is 364 g/mol. The molecular formula is C19H32N4O3. The van der Waals surface area contributed by atoms with Crippen LogP contribution in [0.5, 0.6) is 0 Å². The van der Waals surface area contributed by atoms with Gasteiger partial charge in [-0.2, -0.15) is 0 Å². The van der Waals surface area contributed by atoms with Gasteiger partial charge >= 0.3 is 6.09 Å². The zero-order valence-electron chi connectivity index (χ0n) is 16.7. The first-order valence-corrected chi connectivity index (χ1v) is 8.73. The molecule has 26 heavy (non-hydrogen) atoms. The molecule has 1 unspecified atom stereocenters. The lowest BCUT2D eigenvalue weighted by atomic mass is 10.2. The van der Waals surface area contributed by atoms with Crippen molar-refractivity contribution in [1.29, 1.82) is 0 Å². The molecule has 0 saturated heterocycles. The van der Waals surface area contributed by atoms with Crippen LogP contribution in [0.1, 0.15) is 39.7 Å². The summed E-state index contributed by atoms with van der Waals surface area (Å²) in [4.78, 5) is 18.0. The largest absolute Gasteiger partial charge is 0.444 e. The van der Waals surface area contributed by atoms with Gasteiger partial charge in [0, 0.05) is 38.0 Å². The summed E-state index contributed by atoms with van der Waals surface area (Å²) in [5, 5.41) is 3.09. The number of methoxy groups -OCH3 is 1. The van der Waals surface area contributed by atoms with Crippen LogP contribution in [0.4, 0.5) is 10.5 Å². The summed E-state index contributed by atoms with van der Waals surface area (Å²) in [6, 6.07) is 7.75. The average molecular weight is 364 g/mol. The van der Waals surface area contributed by atoms with Gasteiger partial charge in [-0.15, -0.1) is 0 Å². The quantitative estimate of drug-likeness (QED) is 0.573. The molecule has 0 radical (unpaired) electrons. The zero-order chi connectivity index (χ0) is 19.7. The third kappa shape index (κ3) is 7.74. The lowest BCUT2D eigenvalue weighted by molar-refractivity contribution is 0.0231. The number of rotatable bonds is 7. The van der Waals surface area contributed by atoms with Gasteiger partial charge in [-0.1, -0.05) is 18.2 Å². The van der Waals surface area contributed by atoms with Gasteiger partial charge < -0.3 is 25.4 Å². The Bertz CT molecular complexity index is 611. The molecule has 7 heteroatoms. The van der Waals surface area contributed by atoms with E-state index in [1.807, 2.05) is 52.0 Å². The van der Waals surface area contributed by atoms with Gasteiger partial charge in [0.05, 0.1) is 6.61 Å². The van der Waals surface area contributed by atoms with Crippen LogP contribution >= 0.6 is 0 Å². The first kappa shape index (κ1) is 21.8. The van der Waals surface area contributed by atoms with E-state index in [-0.39, 0.29) is 12.1 Å². The SMILES string of the molecule is COCc1ccccc1NC(N)=NCCC(C)N(C)C(=O)OC(C)(C)C. The number of ether oxygens (including phenoxy) is 2. The molecule has 1 atom stereocenters. The number of carbonyl (C=O) groups is 1. The van der Waals surface area contributed by atoms with E-state index >= 15 is 0 Å². The molecule has 0 heterocycles. The standard InChI is InChI=1S/C19H32N4O3/c1-14(23(5)18(24)26-19(2,3)4)11-12-21-17(20)22-16-10-8-7-9-15(16)13-25-6/h7-10,14H,11-13H2,1-6H3,(H3,20,21,22). The van der Waals surface area contributed by atoms with Crippen molar-refractivity contribution in [3.8, 4) is 0 Å². The summed E-state index contributed by atoms with van der Waals surface area (Å²) >= 11 is 0. The Kier molecular flexibility index (Phi) is 8.38. The van der Waals surface area contributed by atoms with E-state index in [1.165, 1.54) is 0 Å². The van der Waals surface area contributed by atoms with Gasteiger partial charge in [0.2, 0.25) is 0 Å². The molecule has 0 aliphatic heterocycles. The zero-order valence-corrected chi connectivity index (χ0v) is 16.7. The lowest BCUT2D eigenvalue weighted by Gasteiger charge is -2.28. The van der Waals surface area contributed by atoms with Crippen molar-refractivity contribution in [3.63, 3.8) is 0 Å². The Morgan fingerprint density at radius 2 is 2.00 bits per heavy atom. The highest BCUT2D eigenvalue weighted by molar-refractivity contribution is 5.92. The molecule has 1 aromatic rings.